The Hall–Kier alpha value is 0.830. The van der Waals surface area contributed by atoms with Crippen LogP contribution in [0.5, 0.6) is 0 Å². The van der Waals surface area contributed by atoms with Gasteiger partial charge in [-0.3, -0.25) is 0 Å². The second-order valence-corrected chi connectivity index (χ2v) is 3.33. The van der Waals surface area contributed by atoms with E-state index in [9.17, 15) is 0 Å². The zero-order valence-corrected chi connectivity index (χ0v) is 6.98. The molecule has 0 saturated carbocycles. The van der Waals surface area contributed by atoms with E-state index in [1.54, 1.807) is 0 Å². The topological polar surface area (TPSA) is 9.23 Å². The molecule has 0 atom stereocenters. The molecule has 0 aromatic carbocycles. The first-order chi connectivity index (χ1) is 4.13. The van der Waals surface area contributed by atoms with E-state index in [0.717, 1.165) is 13.2 Å². The fraction of sp³-hybridized carbons (Fsp3) is 1.00. The van der Waals surface area contributed by atoms with Gasteiger partial charge in [0, 0.05) is 13.2 Å². The molecule has 0 saturated heterocycles. The summed E-state index contributed by atoms with van der Waals surface area (Å²) in [5.74, 6) is 1.34. The molecule has 0 aliphatic carbocycles. The van der Waals surface area contributed by atoms with E-state index in [1.807, 2.05) is 0 Å². The van der Waals surface area contributed by atoms with Crippen molar-refractivity contribution in [1.82, 2.24) is 0 Å². The van der Waals surface area contributed by atoms with E-state index < -0.39 is 0 Å². The Bertz CT molecular complexity index is 54.3. The molecule has 0 amide bonds. The fourth-order valence-corrected chi connectivity index (χ4v) is 0.539. The molecule has 0 radical (unpaired) electrons. The third-order valence-electron chi connectivity index (χ3n) is 0.902. The SMILES string of the molecule is CC(C)COCC(C)C.[InH3]. The first kappa shape index (κ1) is 13.4. The monoisotopic (exact) mass is 248 g/mol. The van der Waals surface area contributed by atoms with Gasteiger partial charge in [0.1, 0.15) is 0 Å². The molecule has 0 aliphatic rings. The van der Waals surface area contributed by atoms with Crippen LogP contribution >= 0.6 is 0 Å². The van der Waals surface area contributed by atoms with Gasteiger partial charge in [-0.1, -0.05) is 27.7 Å². The van der Waals surface area contributed by atoms with Gasteiger partial charge in [-0.15, -0.1) is 0 Å². The Balaban J connectivity index is 0. The van der Waals surface area contributed by atoms with E-state index in [0.29, 0.717) is 11.8 Å². The molecule has 0 aromatic heterocycles. The summed E-state index contributed by atoms with van der Waals surface area (Å²) in [5, 5.41) is 0. The predicted molar refractivity (Wildman–Crippen MR) is 50.4 cm³/mol. The predicted octanol–water partition coefficient (Wildman–Crippen LogP) is 1.13. The Labute approximate surface area is 83.3 Å². The minimum atomic E-state index is 0. The summed E-state index contributed by atoms with van der Waals surface area (Å²) in [4.78, 5) is 0. The van der Waals surface area contributed by atoms with Gasteiger partial charge >= 0.3 is 25.8 Å². The molecule has 0 heterocycles. The second kappa shape index (κ2) is 7.93. The number of hydrogen-bond acceptors (Lipinski definition) is 1. The summed E-state index contributed by atoms with van der Waals surface area (Å²) in [6, 6.07) is 0. The first-order valence-electron chi connectivity index (χ1n) is 3.70. The Morgan fingerprint density at radius 3 is 1.40 bits per heavy atom. The molecule has 10 heavy (non-hydrogen) atoms. The second-order valence-electron chi connectivity index (χ2n) is 3.33. The van der Waals surface area contributed by atoms with Crippen molar-refractivity contribution in [2.75, 3.05) is 13.2 Å². The van der Waals surface area contributed by atoms with Gasteiger partial charge in [-0.05, 0) is 11.8 Å². The van der Waals surface area contributed by atoms with Crippen molar-refractivity contribution in [2.45, 2.75) is 27.7 Å². The van der Waals surface area contributed by atoms with Crippen LogP contribution in [0.25, 0.3) is 0 Å². The number of ether oxygens (including phenoxy) is 1. The zero-order chi connectivity index (χ0) is 7.28. The van der Waals surface area contributed by atoms with E-state index in [1.165, 1.54) is 0 Å². The van der Waals surface area contributed by atoms with Crippen molar-refractivity contribution in [3.05, 3.63) is 0 Å². The van der Waals surface area contributed by atoms with Crippen LogP contribution < -0.4 is 0 Å². The van der Waals surface area contributed by atoms with Crippen molar-refractivity contribution in [1.29, 1.82) is 0 Å². The van der Waals surface area contributed by atoms with Crippen LogP contribution in [0.4, 0.5) is 0 Å². The van der Waals surface area contributed by atoms with Crippen LogP contribution in [-0.4, -0.2) is 39.1 Å². The molecule has 0 bridgehead atoms. The van der Waals surface area contributed by atoms with Crippen molar-refractivity contribution >= 4 is 25.8 Å². The minimum absolute atomic E-state index is 0. The van der Waals surface area contributed by atoms with Gasteiger partial charge in [0.25, 0.3) is 0 Å². The molecule has 1 nitrogen and oxygen atoms in total. The fourth-order valence-electron chi connectivity index (χ4n) is 0.539. The summed E-state index contributed by atoms with van der Waals surface area (Å²) >= 11 is 0. The summed E-state index contributed by atoms with van der Waals surface area (Å²) < 4.78 is 5.36. The summed E-state index contributed by atoms with van der Waals surface area (Å²) in [6.07, 6.45) is 0. The molecular weight excluding hydrogens is 227 g/mol. The van der Waals surface area contributed by atoms with Crippen molar-refractivity contribution in [3.63, 3.8) is 0 Å². The van der Waals surface area contributed by atoms with Gasteiger partial charge < -0.3 is 4.74 Å². The van der Waals surface area contributed by atoms with Gasteiger partial charge in [-0.25, -0.2) is 0 Å². The zero-order valence-electron chi connectivity index (χ0n) is 6.98. The van der Waals surface area contributed by atoms with E-state index >= 15 is 0 Å². The summed E-state index contributed by atoms with van der Waals surface area (Å²) in [7, 11) is 0. The molecule has 0 spiro atoms. The van der Waals surface area contributed by atoms with Crippen LogP contribution in [-0.2, 0) is 4.74 Å². The van der Waals surface area contributed by atoms with Gasteiger partial charge in [0.15, 0.2) is 0 Å². The standard InChI is InChI=1S/C8H18O.In.3H/c1-7(2)5-9-6-8(3)4;;;;/h7-8H,5-6H2,1-4H3;;;;. The average Bonchev–Trinajstić information content (AvgIpc) is 1.63. The first-order valence-corrected chi connectivity index (χ1v) is 3.70. The van der Waals surface area contributed by atoms with Gasteiger partial charge in [0.2, 0.25) is 0 Å². The molecule has 0 aromatic rings. The van der Waals surface area contributed by atoms with Crippen LogP contribution in [0, 0.1) is 11.8 Å². The molecule has 0 rings (SSSR count). The molecule has 0 fully saturated rings. The van der Waals surface area contributed by atoms with Gasteiger partial charge in [0.05, 0.1) is 0 Å². The third kappa shape index (κ3) is 11.6. The van der Waals surface area contributed by atoms with Crippen LogP contribution in [0.2, 0.25) is 0 Å². The van der Waals surface area contributed by atoms with Crippen molar-refractivity contribution in [2.24, 2.45) is 11.8 Å². The quantitative estimate of drug-likeness (QED) is 0.724. The molecule has 62 valence electrons. The summed E-state index contributed by atoms with van der Waals surface area (Å²) in [6.45, 7) is 10.5. The van der Waals surface area contributed by atoms with Gasteiger partial charge in [-0.2, -0.15) is 0 Å². The molecular formula is C8H21InO. The Morgan fingerprint density at radius 2 is 1.20 bits per heavy atom. The Morgan fingerprint density at radius 1 is 0.900 bits per heavy atom. The van der Waals surface area contributed by atoms with E-state index in [2.05, 4.69) is 27.7 Å². The summed E-state index contributed by atoms with van der Waals surface area (Å²) in [5.41, 5.74) is 0. The molecule has 2 heteroatoms. The van der Waals surface area contributed by atoms with Crippen molar-refractivity contribution < 1.29 is 4.74 Å². The van der Waals surface area contributed by atoms with Crippen molar-refractivity contribution in [3.8, 4) is 0 Å². The van der Waals surface area contributed by atoms with Crippen LogP contribution in [0.1, 0.15) is 27.7 Å². The maximum absolute atomic E-state index is 5.36. The molecule has 0 unspecified atom stereocenters. The number of rotatable bonds is 4. The average molecular weight is 248 g/mol. The van der Waals surface area contributed by atoms with Crippen LogP contribution in [0.3, 0.4) is 0 Å². The molecule has 0 aliphatic heterocycles. The molecule has 0 N–H and O–H groups in total. The third-order valence-corrected chi connectivity index (χ3v) is 0.902. The van der Waals surface area contributed by atoms with E-state index in [-0.39, 0.29) is 25.8 Å². The normalized spacial score (nSPS) is 10.2. The maximum atomic E-state index is 5.36. The van der Waals surface area contributed by atoms with E-state index in [4.69, 9.17) is 4.74 Å². The Kier molecular flexibility index (Phi) is 10.6. The van der Waals surface area contributed by atoms with Crippen LogP contribution in [0.15, 0.2) is 0 Å². The number of hydrogen-bond donors (Lipinski definition) is 0.